The van der Waals surface area contributed by atoms with Gasteiger partial charge in [-0.1, -0.05) is 0 Å². The van der Waals surface area contributed by atoms with Crippen LogP contribution in [0.15, 0.2) is 18.6 Å². The van der Waals surface area contributed by atoms with Gasteiger partial charge in [-0.15, -0.1) is 0 Å². The van der Waals surface area contributed by atoms with Crippen LogP contribution in [0.2, 0.25) is 0 Å². The molecule has 3 N–H and O–H groups in total. The Kier molecular flexibility index (Phi) is 2.35. The highest BCUT2D eigenvalue weighted by atomic mass is 15.3. The van der Waals surface area contributed by atoms with Gasteiger partial charge in [0.2, 0.25) is 5.95 Å². The zero-order valence-corrected chi connectivity index (χ0v) is 11.0. The molecule has 0 aliphatic heterocycles. The summed E-state index contributed by atoms with van der Waals surface area (Å²) in [7, 11) is 1.86. The summed E-state index contributed by atoms with van der Waals surface area (Å²) in [6, 6.07) is 2.38. The largest absolute Gasteiger partial charge is 0.365 e. The highest BCUT2D eigenvalue weighted by molar-refractivity contribution is 5.84. The number of hydrogen-bond acceptors (Lipinski definition) is 6. The highest BCUT2D eigenvalue weighted by Crippen LogP contribution is 2.27. The van der Waals surface area contributed by atoms with Crippen LogP contribution in [-0.4, -0.2) is 35.8 Å². The topological polar surface area (TPSA) is 96.3 Å². The molecular formula is C12H14N8. The third-order valence-corrected chi connectivity index (χ3v) is 3.26. The van der Waals surface area contributed by atoms with Gasteiger partial charge in [-0.25, -0.2) is 4.98 Å². The van der Waals surface area contributed by atoms with Gasteiger partial charge in [0.25, 0.3) is 0 Å². The number of anilines is 3. The van der Waals surface area contributed by atoms with Crippen LogP contribution < -0.4 is 10.6 Å². The Morgan fingerprint density at radius 2 is 2.25 bits per heavy atom. The molecule has 3 aromatic rings. The van der Waals surface area contributed by atoms with Crippen molar-refractivity contribution in [1.82, 2.24) is 29.7 Å². The lowest BCUT2D eigenvalue weighted by Gasteiger charge is -2.08. The second-order valence-electron chi connectivity index (χ2n) is 4.88. The second kappa shape index (κ2) is 4.19. The van der Waals surface area contributed by atoms with Crippen LogP contribution in [0.25, 0.3) is 11.2 Å². The maximum absolute atomic E-state index is 4.52. The monoisotopic (exact) mass is 270 g/mol. The molecule has 3 heterocycles. The Hall–Kier alpha value is -2.64. The number of hydrogen-bond donors (Lipinski definition) is 3. The van der Waals surface area contributed by atoms with Gasteiger partial charge in [-0.05, 0) is 12.8 Å². The van der Waals surface area contributed by atoms with Gasteiger partial charge in [0.1, 0.15) is 11.3 Å². The van der Waals surface area contributed by atoms with E-state index in [2.05, 4.69) is 35.7 Å². The molecule has 0 atom stereocenters. The van der Waals surface area contributed by atoms with E-state index in [9.17, 15) is 0 Å². The molecule has 1 saturated carbocycles. The molecule has 1 aliphatic carbocycles. The fourth-order valence-electron chi connectivity index (χ4n) is 2.03. The molecule has 8 heteroatoms. The SMILES string of the molecule is Cn1nccc1Nc1nc(NC2CC2)c2[nH]cnc2n1. The molecule has 8 nitrogen and oxygen atoms in total. The number of H-pyrrole nitrogens is 1. The maximum atomic E-state index is 4.52. The van der Waals surface area contributed by atoms with Crippen molar-refractivity contribution < 1.29 is 0 Å². The molecule has 0 saturated heterocycles. The van der Waals surface area contributed by atoms with E-state index in [1.807, 2.05) is 13.1 Å². The summed E-state index contributed by atoms with van der Waals surface area (Å²) in [5.74, 6) is 2.13. The molecule has 102 valence electrons. The van der Waals surface area contributed by atoms with E-state index in [1.165, 1.54) is 12.8 Å². The first-order chi connectivity index (χ1) is 9.79. The average molecular weight is 270 g/mol. The summed E-state index contributed by atoms with van der Waals surface area (Å²) < 4.78 is 1.73. The minimum absolute atomic E-state index is 0.511. The summed E-state index contributed by atoms with van der Waals surface area (Å²) in [5, 5.41) is 10.7. The van der Waals surface area contributed by atoms with Crippen molar-refractivity contribution >= 4 is 28.7 Å². The Morgan fingerprint density at radius 1 is 1.35 bits per heavy atom. The molecular weight excluding hydrogens is 256 g/mol. The molecule has 20 heavy (non-hydrogen) atoms. The van der Waals surface area contributed by atoms with Gasteiger partial charge in [0, 0.05) is 19.2 Å². The molecule has 0 unspecified atom stereocenters. The van der Waals surface area contributed by atoms with Crippen LogP contribution in [0.4, 0.5) is 17.6 Å². The summed E-state index contributed by atoms with van der Waals surface area (Å²) in [4.78, 5) is 16.2. The minimum Gasteiger partial charge on any atom is -0.365 e. The molecule has 4 rings (SSSR count). The van der Waals surface area contributed by atoms with Crippen LogP contribution in [0.1, 0.15) is 12.8 Å². The van der Waals surface area contributed by atoms with Gasteiger partial charge >= 0.3 is 0 Å². The van der Waals surface area contributed by atoms with E-state index in [-0.39, 0.29) is 0 Å². The van der Waals surface area contributed by atoms with Crippen molar-refractivity contribution in [3.63, 3.8) is 0 Å². The lowest BCUT2D eigenvalue weighted by molar-refractivity contribution is 0.775. The van der Waals surface area contributed by atoms with Gasteiger partial charge < -0.3 is 15.6 Å². The molecule has 0 spiro atoms. The lowest BCUT2D eigenvalue weighted by atomic mass is 10.4. The Morgan fingerprint density at radius 3 is 3.00 bits per heavy atom. The number of aryl methyl sites for hydroxylation is 1. The fraction of sp³-hybridized carbons (Fsp3) is 0.333. The van der Waals surface area contributed by atoms with E-state index in [0.29, 0.717) is 17.6 Å². The third-order valence-electron chi connectivity index (χ3n) is 3.26. The van der Waals surface area contributed by atoms with E-state index >= 15 is 0 Å². The standard InChI is InChI=1S/C12H14N8/c1-20-8(4-5-15-20)17-12-18-10-9(13-6-14-10)11(19-12)16-7-2-3-7/h4-7H,2-3H2,1H3,(H3,13,14,16,17,18,19). The second-order valence-corrected chi connectivity index (χ2v) is 4.88. The molecule has 1 aliphatic rings. The van der Waals surface area contributed by atoms with Gasteiger partial charge in [-0.3, -0.25) is 4.68 Å². The van der Waals surface area contributed by atoms with Crippen molar-refractivity contribution in [3.05, 3.63) is 18.6 Å². The Balaban J connectivity index is 1.73. The summed E-state index contributed by atoms with van der Waals surface area (Å²) in [6.45, 7) is 0. The number of fused-ring (bicyclic) bond motifs is 1. The number of nitrogens with one attached hydrogen (secondary N) is 3. The van der Waals surface area contributed by atoms with E-state index < -0.39 is 0 Å². The smallest absolute Gasteiger partial charge is 0.232 e. The van der Waals surface area contributed by atoms with E-state index in [0.717, 1.165) is 17.2 Å². The zero-order chi connectivity index (χ0) is 13.5. The minimum atomic E-state index is 0.511. The third kappa shape index (κ3) is 1.94. The van der Waals surface area contributed by atoms with Gasteiger partial charge in [-0.2, -0.15) is 15.1 Å². The molecule has 0 bridgehead atoms. The number of nitrogens with zero attached hydrogens (tertiary/aromatic N) is 5. The summed E-state index contributed by atoms with van der Waals surface area (Å²) in [6.07, 6.45) is 5.72. The molecule has 0 aromatic carbocycles. The van der Waals surface area contributed by atoms with Crippen molar-refractivity contribution in [2.75, 3.05) is 10.6 Å². The van der Waals surface area contributed by atoms with Crippen molar-refractivity contribution in [2.24, 2.45) is 7.05 Å². The Labute approximate surface area is 114 Å². The molecule has 3 aromatic heterocycles. The van der Waals surface area contributed by atoms with Crippen LogP contribution in [0.5, 0.6) is 0 Å². The van der Waals surface area contributed by atoms with E-state index in [1.54, 1.807) is 17.2 Å². The maximum Gasteiger partial charge on any atom is 0.232 e. The predicted molar refractivity (Wildman–Crippen MR) is 74.8 cm³/mol. The number of aromatic amines is 1. The first-order valence-corrected chi connectivity index (χ1v) is 6.52. The Bertz CT molecular complexity index is 754. The van der Waals surface area contributed by atoms with Crippen LogP contribution in [0.3, 0.4) is 0 Å². The quantitative estimate of drug-likeness (QED) is 0.663. The first-order valence-electron chi connectivity index (χ1n) is 6.52. The summed E-state index contributed by atoms with van der Waals surface area (Å²) in [5.41, 5.74) is 1.49. The highest BCUT2D eigenvalue weighted by Gasteiger charge is 2.23. The molecule has 0 radical (unpaired) electrons. The molecule has 0 amide bonds. The van der Waals surface area contributed by atoms with E-state index in [4.69, 9.17) is 0 Å². The van der Waals surface area contributed by atoms with Crippen LogP contribution >= 0.6 is 0 Å². The van der Waals surface area contributed by atoms with Gasteiger partial charge in [0.05, 0.1) is 12.5 Å². The van der Waals surface area contributed by atoms with Crippen molar-refractivity contribution in [2.45, 2.75) is 18.9 Å². The lowest BCUT2D eigenvalue weighted by Crippen LogP contribution is -2.08. The van der Waals surface area contributed by atoms with Gasteiger partial charge in [0.15, 0.2) is 11.5 Å². The normalized spacial score (nSPS) is 14.7. The fourth-order valence-corrected chi connectivity index (χ4v) is 2.03. The summed E-state index contributed by atoms with van der Waals surface area (Å²) >= 11 is 0. The van der Waals surface area contributed by atoms with Crippen LogP contribution in [0, 0.1) is 0 Å². The van der Waals surface area contributed by atoms with Crippen molar-refractivity contribution in [3.8, 4) is 0 Å². The first kappa shape index (κ1) is 11.2. The average Bonchev–Trinajstić information content (AvgIpc) is 2.95. The van der Waals surface area contributed by atoms with Crippen molar-refractivity contribution in [1.29, 1.82) is 0 Å². The predicted octanol–water partition coefficient (Wildman–Crippen LogP) is 1.40. The molecule has 1 fully saturated rings. The number of aromatic nitrogens is 6. The number of imidazole rings is 1. The van der Waals surface area contributed by atoms with Crippen LogP contribution in [-0.2, 0) is 7.05 Å². The zero-order valence-electron chi connectivity index (χ0n) is 11.0. The number of rotatable bonds is 4.